The largest absolute Gasteiger partial charge is 0.504 e. The lowest BCUT2D eigenvalue weighted by Crippen LogP contribution is -2.23. The average Bonchev–Trinajstić information content (AvgIpc) is 2.79. The minimum atomic E-state index is -0.592. The van der Waals surface area contributed by atoms with Gasteiger partial charge in [-0.2, -0.15) is 0 Å². The second-order valence-electron chi connectivity index (χ2n) is 6.93. The standard InChI is InChI=1S/C23H15ClIN3O5/c1-33-21-10-13(2-8-20(21)29)3-9-22-26-17-6-5-15(25)12-16(17)23(30)27(22)18-7-4-14(24)11-19(18)28(31)32/h2-12,29H,1H3/b9-3+. The summed E-state index contributed by atoms with van der Waals surface area (Å²) >= 11 is 8.06. The molecule has 0 radical (unpaired) electrons. The van der Waals surface area contributed by atoms with Crippen LogP contribution in [-0.4, -0.2) is 26.7 Å². The summed E-state index contributed by atoms with van der Waals surface area (Å²) in [6, 6.07) is 14.1. The predicted octanol–water partition coefficient (Wildman–Crippen LogP) is 5.44. The van der Waals surface area contributed by atoms with Crippen molar-refractivity contribution in [3.05, 3.63) is 95.0 Å². The first kappa shape index (κ1) is 22.7. The number of ether oxygens (including phenoxy) is 1. The third-order valence-corrected chi connectivity index (χ3v) is 5.77. The Hall–Kier alpha value is -3.44. The Morgan fingerprint density at radius 1 is 1.15 bits per heavy atom. The van der Waals surface area contributed by atoms with E-state index < -0.39 is 10.5 Å². The molecule has 1 aromatic heterocycles. The smallest absolute Gasteiger partial charge is 0.294 e. The van der Waals surface area contributed by atoms with E-state index in [1.54, 1.807) is 36.4 Å². The van der Waals surface area contributed by atoms with Gasteiger partial charge in [-0.05, 0) is 76.7 Å². The number of fused-ring (bicyclic) bond motifs is 1. The molecule has 0 aliphatic heterocycles. The van der Waals surface area contributed by atoms with Crippen LogP contribution < -0.4 is 10.3 Å². The summed E-state index contributed by atoms with van der Waals surface area (Å²) < 4.78 is 7.15. The average molecular weight is 576 g/mol. The third kappa shape index (κ3) is 4.55. The maximum Gasteiger partial charge on any atom is 0.294 e. The van der Waals surface area contributed by atoms with Crippen molar-refractivity contribution in [3.8, 4) is 17.2 Å². The molecule has 0 aliphatic carbocycles. The molecule has 8 nitrogen and oxygen atoms in total. The van der Waals surface area contributed by atoms with E-state index in [2.05, 4.69) is 27.6 Å². The summed E-state index contributed by atoms with van der Waals surface area (Å²) in [5.41, 5.74) is 0.393. The Labute approximate surface area is 206 Å². The number of rotatable bonds is 5. The van der Waals surface area contributed by atoms with Crippen LogP contribution in [0.3, 0.4) is 0 Å². The van der Waals surface area contributed by atoms with Crippen LogP contribution in [0.5, 0.6) is 11.5 Å². The number of hydrogen-bond donors (Lipinski definition) is 1. The number of benzene rings is 3. The molecule has 0 unspecified atom stereocenters. The fraction of sp³-hybridized carbons (Fsp3) is 0.0435. The monoisotopic (exact) mass is 575 g/mol. The van der Waals surface area contributed by atoms with Crippen LogP contribution in [0.25, 0.3) is 28.7 Å². The van der Waals surface area contributed by atoms with Gasteiger partial charge in [0.15, 0.2) is 11.5 Å². The van der Waals surface area contributed by atoms with Gasteiger partial charge in [0.05, 0.1) is 22.9 Å². The van der Waals surface area contributed by atoms with Crippen molar-refractivity contribution in [3.63, 3.8) is 0 Å². The summed E-state index contributed by atoms with van der Waals surface area (Å²) in [7, 11) is 1.44. The number of nitro benzene ring substituents is 1. The zero-order chi connectivity index (χ0) is 23.7. The van der Waals surface area contributed by atoms with Gasteiger partial charge in [0.1, 0.15) is 11.5 Å². The van der Waals surface area contributed by atoms with Gasteiger partial charge < -0.3 is 9.84 Å². The van der Waals surface area contributed by atoms with Crippen molar-refractivity contribution < 1.29 is 14.8 Å². The predicted molar refractivity (Wildman–Crippen MR) is 135 cm³/mol. The first-order valence-corrected chi connectivity index (χ1v) is 11.0. The molecule has 4 rings (SSSR count). The number of aromatic nitrogens is 2. The number of phenols is 1. The molecule has 1 heterocycles. The normalized spacial score (nSPS) is 11.2. The van der Waals surface area contributed by atoms with Crippen molar-refractivity contribution >= 4 is 62.9 Å². The number of halogens is 2. The Morgan fingerprint density at radius 2 is 1.94 bits per heavy atom. The Kier molecular flexibility index (Phi) is 6.34. The lowest BCUT2D eigenvalue weighted by atomic mass is 10.1. The van der Waals surface area contributed by atoms with Gasteiger partial charge in [-0.15, -0.1) is 0 Å². The van der Waals surface area contributed by atoms with Gasteiger partial charge >= 0.3 is 0 Å². The molecule has 10 heteroatoms. The van der Waals surface area contributed by atoms with Crippen LogP contribution in [0.15, 0.2) is 59.4 Å². The molecule has 0 atom stereocenters. The highest BCUT2D eigenvalue weighted by Gasteiger charge is 2.21. The third-order valence-electron chi connectivity index (χ3n) is 4.86. The quantitative estimate of drug-likeness (QED) is 0.193. The van der Waals surface area contributed by atoms with Crippen molar-refractivity contribution in [1.29, 1.82) is 0 Å². The summed E-state index contributed by atoms with van der Waals surface area (Å²) in [6.45, 7) is 0. The Morgan fingerprint density at radius 3 is 2.67 bits per heavy atom. The maximum atomic E-state index is 13.5. The Bertz CT molecular complexity index is 1500. The van der Waals surface area contributed by atoms with Crippen LogP contribution in [0.4, 0.5) is 5.69 Å². The van der Waals surface area contributed by atoms with E-state index in [0.717, 1.165) is 3.57 Å². The van der Waals surface area contributed by atoms with E-state index in [4.69, 9.17) is 16.3 Å². The lowest BCUT2D eigenvalue weighted by Gasteiger charge is -2.12. The number of nitro groups is 1. The summed E-state index contributed by atoms with van der Waals surface area (Å²) in [5.74, 6) is 0.455. The first-order chi connectivity index (χ1) is 15.8. The molecular weight excluding hydrogens is 561 g/mol. The summed E-state index contributed by atoms with van der Waals surface area (Å²) in [4.78, 5) is 29.2. The topological polar surface area (TPSA) is 107 Å². The van der Waals surface area contributed by atoms with Crippen molar-refractivity contribution in [2.45, 2.75) is 0 Å². The summed E-state index contributed by atoms with van der Waals surface area (Å²) in [6.07, 6.45) is 3.24. The first-order valence-electron chi connectivity index (χ1n) is 9.50. The minimum Gasteiger partial charge on any atom is -0.504 e. The molecule has 1 N–H and O–H groups in total. The SMILES string of the molecule is COc1cc(/C=C/c2nc3ccc(I)cc3c(=O)n2-c2ccc(Cl)cc2[N+](=O)[O-])ccc1O. The van der Waals surface area contributed by atoms with Gasteiger partial charge in [0.2, 0.25) is 0 Å². The Balaban J connectivity index is 1.99. The molecule has 0 saturated heterocycles. The molecule has 0 saturated carbocycles. The van der Waals surface area contributed by atoms with Gasteiger partial charge in [0, 0.05) is 14.7 Å². The van der Waals surface area contributed by atoms with Crippen molar-refractivity contribution in [2.75, 3.05) is 7.11 Å². The molecule has 166 valence electrons. The highest BCUT2D eigenvalue weighted by molar-refractivity contribution is 14.1. The molecule has 0 fully saturated rings. The maximum absolute atomic E-state index is 13.5. The number of nitrogens with zero attached hydrogens (tertiary/aromatic N) is 3. The van der Waals surface area contributed by atoms with Crippen LogP contribution in [0.1, 0.15) is 11.4 Å². The number of phenolic OH excluding ortho intramolecular Hbond substituents is 1. The molecule has 4 aromatic rings. The van der Waals surface area contributed by atoms with Gasteiger partial charge in [-0.25, -0.2) is 4.98 Å². The van der Waals surface area contributed by atoms with Crippen molar-refractivity contribution in [2.24, 2.45) is 0 Å². The highest BCUT2D eigenvalue weighted by Crippen LogP contribution is 2.29. The number of hydrogen-bond acceptors (Lipinski definition) is 6. The minimum absolute atomic E-state index is 0.0122. The van der Waals surface area contributed by atoms with Crippen LogP contribution >= 0.6 is 34.2 Å². The molecule has 3 aromatic carbocycles. The van der Waals surface area contributed by atoms with E-state index in [0.29, 0.717) is 16.5 Å². The molecular formula is C23H15ClIN3O5. The van der Waals surface area contributed by atoms with Gasteiger partial charge in [-0.1, -0.05) is 23.7 Å². The lowest BCUT2D eigenvalue weighted by molar-refractivity contribution is -0.384. The van der Waals surface area contributed by atoms with Gasteiger partial charge in [-0.3, -0.25) is 19.5 Å². The highest BCUT2D eigenvalue weighted by atomic mass is 127. The zero-order valence-corrected chi connectivity index (χ0v) is 19.9. The molecule has 0 aliphatic rings. The molecule has 0 spiro atoms. The molecule has 0 bridgehead atoms. The van der Waals surface area contributed by atoms with Crippen LogP contribution in [0, 0.1) is 13.7 Å². The second kappa shape index (κ2) is 9.20. The van der Waals surface area contributed by atoms with E-state index in [-0.39, 0.29) is 33.7 Å². The molecule has 0 amide bonds. The van der Waals surface area contributed by atoms with Crippen molar-refractivity contribution in [1.82, 2.24) is 9.55 Å². The molecule has 33 heavy (non-hydrogen) atoms. The second-order valence-corrected chi connectivity index (χ2v) is 8.61. The van der Waals surface area contributed by atoms with E-state index in [1.807, 2.05) is 6.07 Å². The zero-order valence-electron chi connectivity index (χ0n) is 17.0. The van der Waals surface area contributed by atoms with Crippen LogP contribution in [-0.2, 0) is 0 Å². The fourth-order valence-electron chi connectivity index (χ4n) is 3.32. The van der Waals surface area contributed by atoms with Gasteiger partial charge in [0.25, 0.3) is 11.2 Å². The van der Waals surface area contributed by atoms with E-state index in [9.17, 15) is 20.0 Å². The summed E-state index contributed by atoms with van der Waals surface area (Å²) in [5, 5.41) is 22.0. The number of aromatic hydroxyl groups is 1. The van der Waals surface area contributed by atoms with Crippen LogP contribution in [0.2, 0.25) is 5.02 Å². The number of methoxy groups -OCH3 is 1. The van der Waals surface area contributed by atoms with E-state index >= 15 is 0 Å². The van der Waals surface area contributed by atoms with E-state index in [1.165, 1.54) is 35.9 Å². The fourth-order valence-corrected chi connectivity index (χ4v) is 3.98.